The molecule has 0 amide bonds. The van der Waals surface area contributed by atoms with Crippen LogP contribution in [0.4, 0.5) is 11.6 Å². The topological polar surface area (TPSA) is 94.5 Å². The van der Waals surface area contributed by atoms with Gasteiger partial charge < -0.3 is 20.2 Å². The average molecular weight is 263 g/mol. The number of imidazole rings is 1. The standard InChI is InChI=1S/C12H17N5O2/c1-7(2)9(12(18)19-3)16-10-11-14-4-5-17(11)6-8(13)15-10/h4-7,9H,13H2,1-3H3,(H,15,16). The highest BCUT2D eigenvalue weighted by atomic mass is 16.5. The van der Waals surface area contributed by atoms with E-state index in [2.05, 4.69) is 15.3 Å². The number of nitrogens with two attached hydrogens (primary N) is 1. The highest BCUT2D eigenvalue weighted by molar-refractivity contribution is 5.81. The van der Waals surface area contributed by atoms with Crippen LogP contribution in [0, 0.1) is 5.92 Å². The van der Waals surface area contributed by atoms with Crippen molar-refractivity contribution >= 4 is 23.3 Å². The number of nitrogens with one attached hydrogen (secondary N) is 1. The predicted octanol–water partition coefficient (Wildman–Crippen LogP) is 0.921. The third kappa shape index (κ3) is 2.59. The van der Waals surface area contributed by atoms with E-state index in [1.165, 1.54) is 7.11 Å². The van der Waals surface area contributed by atoms with Crippen LogP contribution in [-0.4, -0.2) is 33.5 Å². The molecule has 7 nitrogen and oxygen atoms in total. The summed E-state index contributed by atoms with van der Waals surface area (Å²) in [6, 6.07) is -0.500. The number of esters is 1. The fourth-order valence-electron chi connectivity index (χ4n) is 1.82. The first-order chi connectivity index (χ1) is 9.02. The zero-order valence-corrected chi connectivity index (χ0v) is 11.1. The second-order valence-electron chi connectivity index (χ2n) is 4.56. The number of rotatable bonds is 4. The van der Waals surface area contributed by atoms with Gasteiger partial charge in [0.05, 0.1) is 13.3 Å². The number of carbonyl (C=O) groups is 1. The number of nitrogen functional groups attached to an aromatic ring is 1. The molecule has 0 aliphatic carbocycles. The quantitative estimate of drug-likeness (QED) is 0.796. The van der Waals surface area contributed by atoms with E-state index in [-0.39, 0.29) is 11.9 Å². The van der Waals surface area contributed by atoms with E-state index in [9.17, 15) is 4.79 Å². The van der Waals surface area contributed by atoms with Crippen LogP contribution in [0.5, 0.6) is 0 Å². The summed E-state index contributed by atoms with van der Waals surface area (Å²) in [6.07, 6.45) is 5.07. The Morgan fingerprint density at radius 1 is 1.53 bits per heavy atom. The lowest BCUT2D eigenvalue weighted by Crippen LogP contribution is -2.36. The molecule has 0 aliphatic heterocycles. The molecule has 7 heteroatoms. The molecule has 19 heavy (non-hydrogen) atoms. The molecule has 0 bridgehead atoms. The number of anilines is 2. The lowest BCUT2D eigenvalue weighted by molar-refractivity contribution is -0.142. The number of carbonyl (C=O) groups excluding carboxylic acids is 1. The average Bonchev–Trinajstić information content (AvgIpc) is 2.82. The maximum Gasteiger partial charge on any atom is 0.328 e. The number of hydrogen-bond donors (Lipinski definition) is 2. The zero-order valence-electron chi connectivity index (χ0n) is 11.1. The minimum absolute atomic E-state index is 0.0469. The van der Waals surface area contributed by atoms with Gasteiger partial charge in [0, 0.05) is 12.4 Å². The van der Waals surface area contributed by atoms with Crippen LogP contribution < -0.4 is 11.1 Å². The summed E-state index contributed by atoms with van der Waals surface area (Å²) in [5.74, 6) is 0.518. The minimum Gasteiger partial charge on any atom is -0.467 e. The second kappa shape index (κ2) is 5.13. The number of aromatic nitrogens is 3. The molecule has 0 spiro atoms. The lowest BCUT2D eigenvalue weighted by Gasteiger charge is -2.20. The van der Waals surface area contributed by atoms with Gasteiger partial charge in [0.2, 0.25) is 0 Å². The van der Waals surface area contributed by atoms with Crippen molar-refractivity contribution in [2.24, 2.45) is 5.92 Å². The van der Waals surface area contributed by atoms with Gasteiger partial charge in [-0.1, -0.05) is 13.8 Å². The normalized spacial score (nSPS) is 12.6. The van der Waals surface area contributed by atoms with E-state index in [0.717, 1.165) is 0 Å². The van der Waals surface area contributed by atoms with Gasteiger partial charge in [0.15, 0.2) is 11.5 Å². The first kappa shape index (κ1) is 13.1. The van der Waals surface area contributed by atoms with Crippen molar-refractivity contribution in [2.45, 2.75) is 19.9 Å². The first-order valence-corrected chi connectivity index (χ1v) is 5.96. The zero-order chi connectivity index (χ0) is 14.0. The molecule has 2 rings (SSSR count). The van der Waals surface area contributed by atoms with Crippen molar-refractivity contribution in [1.82, 2.24) is 14.4 Å². The van der Waals surface area contributed by atoms with Gasteiger partial charge >= 0.3 is 5.97 Å². The summed E-state index contributed by atoms with van der Waals surface area (Å²) in [5.41, 5.74) is 6.34. The Bertz CT molecular complexity index is 593. The molecule has 2 aromatic heterocycles. The van der Waals surface area contributed by atoms with Gasteiger partial charge in [-0.3, -0.25) is 0 Å². The van der Waals surface area contributed by atoms with Crippen LogP contribution >= 0.6 is 0 Å². The SMILES string of the molecule is COC(=O)C(Nc1nc(N)cn2ccnc12)C(C)C. The molecule has 0 radical (unpaired) electrons. The smallest absolute Gasteiger partial charge is 0.328 e. The monoisotopic (exact) mass is 263 g/mol. The molecular formula is C12H17N5O2. The summed E-state index contributed by atoms with van der Waals surface area (Å²) in [4.78, 5) is 20.1. The molecule has 1 atom stereocenters. The van der Waals surface area contributed by atoms with Crippen LogP contribution in [0.25, 0.3) is 5.65 Å². The Labute approximate surface area is 110 Å². The highest BCUT2D eigenvalue weighted by Gasteiger charge is 2.24. The molecule has 2 aromatic rings. The Hall–Kier alpha value is -2.31. The van der Waals surface area contributed by atoms with Crippen molar-refractivity contribution in [1.29, 1.82) is 0 Å². The molecule has 0 saturated carbocycles. The van der Waals surface area contributed by atoms with Crippen LogP contribution in [0.15, 0.2) is 18.6 Å². The van der Waals surface area contributed by atoms with Crippen molar-refractivity contribution in [2.75, 3.05) is 18.2 Å². The predicted molar refractivity (Wildman–Crippen MR) is 71.7 cm³/mol. The molecule has 2 heterocycles. The number of fused-ring (bicyclic) bond motifs is 1. The van der Waals surface area contributed by atoms with Crippen molar-refractivity contribution < 1.29 is 9.53 Å². The van der Waals surface area contributed by atoms with E-state index >= 15 is 0 Å². The van der Waals surface area contributed by atoms with E-state index in [4.69, 9.17) is 10.5 Å². The maximum absolute atomic E-state index is 11.7. The van der Waals surface area contributed by atoms with E-state index in [1.807, 2.05) is 13.8 Å². The van der Waals surface area contributed by atoms with E-state index in [1.54, 1.807) is 23.0 Å². The third-order valence-electron chi connectivity index (χ3n) is 2.81. The van der Waals surface area contributed by atoms with Crippen molar-refractivity contribution in [3.63, 3.8) is 0 Å². The molecule has 0 aromatic carbocycles. The molecule has 3 N–H and O–H groups in total. The van der Waals surface area contributed by atoms with Crippen LogP contribution in [-0.2, 0) is 9.53 Å². The van der Waals surface area contributed by atoms with E-state index in [0.29, 0.717) is 17.3 Å². The van der Waals surface area contributed by atoms with Gasteiger partial charge in [0.25, 0.3) is 0 Å². The Kier molecular flexibility index (Phi) is 3.55. The molecule has 0 aliphatic rings. The van der Waals surface area contributed by atoms with Crippen molar-refractivity contribution in [3.05, 3.63) is 18.6 Å². The number of nitrogens with zero attached hydrogens (tertiary/aromatic N) is 3. The van der Waals surface area contributed by atoms with Gasteiger partial charge in [-0.05, 0) is 5.92 Å². The molecule has 1 unspecified atom stereocenters. The molecule has 102 valence electrons. The summed E-state index contributed by atoms with van der Waals surface area (Å²) < 4.78 is 6.53. The van der Waals surface area contributed by atoms with Crippen LogP contribution in [0.1, 0.15) is 13.8 Å². The molecular weight excluding hydrogens is 246 g/mol. The second-order valence-corrected chi connectivity index (χ2v) is 4.56. The first-order valence-electron chi connectivity index (χ1n) is 5.96. The highest BCUT2D eigenvalue weighted by Crippen LogP contribution is 2.18. The van der Waals surface area contributed by atoms with Crippen molar-refractivity contribution in [3.8, 4) is 0 Å². The van der Waals surface area contributed by atoms with Crippen LogP contribution in [0.3, 0.4) is 0 Å². The van der Waals surface area contributed by atoms with Gasteiger partial charge in [-0.2, -0.15) is 0 Å². The Morgan fingerprint density at radius 3 is 2.89 bits per heavy atom. The van der Waals surface area contributed by atoms with Gasteiger partial charge in [-0.15, -0.1) is 0 Å². The minimum atomic E-state index is -0.500. The maximum atomic E-state index is 11.7. The van der Waals surface area contributed by atoms with Gasteiger partial charge in [0.1, 0.15) is 11.9 Å². The summed E-state index contributed by atoms with van der Waals surface area (Å²) in [7, 11) is 1.36. The molecule has 0 fully saturated rings. The Morgan fingerprint density at radius 2 is 2.26 bits per heavy atom. The van der Waals surface area contributed by atoms with Crippen LogP contribution in [0.2, 0.25) is 0 Å². The third-order valence-corrected chi connectivity index (χ3v) is 2.81. The fraction of sp³-hybridized carbons (Fsp3) is 0.417. The molecule has 0 saturated heterocycles. The lowest BCUT2D eigenvalue weighted by atomic mass is 10.0. The fourth-order valence-corrected chi connectivity index (χ4v) is 1.82. The Balaban J connectivity index is 2.38. The number of ether oxygens (including phenoxy) is 1. The van der Waals surface area contributed by atoms with E-state index < -0.39 is 6.04 Å². The summed E-state index contributed by atoms with van der Waals surface area (Å²) in [6.45, 7) is 3.84. The summed E-state index contributed by atoms with van der Waals surface area (Å²) in [5, 5.41) is 3.05. The summed E-state index contributed by atoms with van der Waals surface area (Å²) >= 11 is 0. The number of methoxy groups -OCH3 is 1. The van der Waals surface area contributed by atoms with Gasteiger partial charge in [-0.25, -0.2) is 14.8 Å². The largest absolute Gasteiger partial charge is 0.467 e. The number of hydrogen-bond acceptors (Lipinski definition) is 6.